The highest BCUT2D eigenvalue weighted by Gasteiger charge is 2.29. The van der Waals surface area contributed by atoms with Gasteiger partial charge in [0.15, 0.2) is 0 Å². The Morgan fingerprint density at radius 2 is 1.54 bits per heavy atom. The number of carbonyl (C=O) groups is 5. The van der Waals surface area contributed by atoms with Crippen molar-refractivity contribution in [3.8, 4) is 0 Å². The van der Waals surface area contributed by atoms with Gasteiger partial charge in [0.2, 0.25) is 23.6 Å². The number of carboxylic acid groups (broad SMARTS) is 1. The molecule has 0 spiro atoms. The largest absolute Gasteiger partial charge is 0.480 e. The van der Waals surface area contributed by atoms with Crippen molar-refractivity contribution in [2.75, 3.05) is 6.54 Å². The van der Waals surface area contributed by atoms with E-state index in [1.54, 1.807) is 13.8 Å². The third-order valence-electron chi connectivity index (χ3n) is 3.77. The Bertz CT molecular complexity index is 594. The zero-order valence-electron chi connectivity index (χ0n) is 16.1. The SMILES string of the molecule is CC(C)C(NC(=O)CNC(=O)C(NC(=O)C(N)CCC(N)=O)C(C)O)C(=O)O. The van der Waals surface area contributed by atoms with Crippen LogP contribution in [0.2, 0.25) is 0 Å². The minimum Gasteiger partial charge on any atom is -0.480 e. The molecule has 0 rings (SSSR count). The van der Waals surface area contributed by atoms with Gasteiger partial charge in [-0.2, -0.15) is 0 Å². The fraction of sp³-hybridized carbons (Fsp3) is 0.688. The predicted octanol–water partition coefficient (Wildman–Crippen LogP) is -3.21. The molecule has 0 bridgehead atoms. The second-order valence-corrected chi connectivity index (χ2v) is 6.68. The average Bonchev–Trinajstić information content (AvgIpc) is 2.58. The Labute approximate surface area is 162 Å². The van der Waals surface area contributed by atoms with Gasteiger partial charge in [-0.15, -0.1) is 0 Å². The zero-order chi connectivity index (χ0) is 22.0. The van der Waals surface area contributed by atoms with Gasteiger partial charge in [-0.05, 0) is 19.3 Å². The number of carboxylic acids is 1. The number of carbonyl (C=O) groups excluding carboxylic acids is 4. The summed E-state index contributed by atoms with van der Waals surface area (Å²) >= 11 is 0. The molecule has 4 unspecified atom stereocenters. The molecule has 0 aromatic rings. The van der Waals surface area contributed by atoms with E-state index < -0.39 is 60.4 Å². The third-order valence-corrected chi connectivity index (χ3v) is 3.77. The van der Waals surface area contributed by atoms with Crippen LogP contribution < -0.4 is 27.4 Å². The predicted molar refractivity (Wildman–Crippen MR) is 97.4 cm³/mol. The van der Waals surface area contributed by atoms with Crippen LogP contribution in [0.3, 0.4) is 0 Å². The van der Waals surface area contributed by atoms with Crippen molar-refractivity contribution < 1.29 is 34.2 Å². The van der Waals surface area contributed by atoms with Crippen molar-refractivity contribution in [2.24, 2.45) is 17.4 Å². The average molecular weight is 403 g/mol. The molecular formula is C16H29N5O7. The Morgan fingerprint density at radius 3 is 1.96 bits per heavy atom. The molecular weight excluding hydrogens is 374 g/mol. The van der Waals surface area contributed by atoms with E-state index in [9.17, 15) is 29.1 Å². The summed E-state index contributed by atoms with van der Waals surface area (Å²) in [4.78, 5) is 57.8. The van der Waals surface area contributed by atoms with Gasteiger partial charge < -0.3 is 37.6 Å². The number of primary amides is 1. The number of hydrogen-bond acceptors (Lipinski definition) is 7. The molecule has 0 aliphatic heterocycles. The van der Waals surface area contributed by atoms with Crippen LogP contribution in [-0.4, -0.2) is 70.6 Å². The maximum Gasteiger partial charge on any atom is 0.326 e. The second kappa shape index (κ2) is 11.9. The molecule has 0 aliphatic rings. The lowest BCUT2D eigenvalue weighted by atomic mass is 10.0. The smallest absolute Gasteiger partial charge is 0.326 e. The molecule has 0 aromatic heterocycles. The van der Waals surface area contributed by atoms with Gasteiger partial charge in [0.25, 0.3) is 0 Å². The summed E-state index contributed by atoms with van der Waals surface area (Å²) in [5.41, 5.74) is 10.6. The van der Waals surface area contributed by atoms with Crippen molar-refractivity contribution in [1.82, 2.24) is 16.0 Å². The number of aliphatic hydroxyl groups is 1. The molecule has 0 heterocycles. The fourth-order valence-corrected chi connectivity index (χ4v) is 2.11. The summed E-state index contributed by atoms with van der Waals surface area (Å²) in [6.07, 6.45) is -1.47. The Hall–Kier alpha value is -2.73. The first kappa shape index (κ1) is 25.3. The summed E-state index contributed by atoms with van der Waals surface area (Å²) in [5, 5.41) is 25.5. The van der Waals surface area contributed by atoms with E-state index in [0.29, 0.717) is 0 Å². The summed E-state index contributed by atoms with van der Waals surface area (Å²) in [7, 11) is 0. The van der Waals surface area contributed by atoms with E-state index in [0.717, 1.165) is 0 Å². The summed E-state index contributed by atoms with van der Waals surface area (Å²) < 4.78 is 0. The summed E-state index contributed by atoms with van der Waals surface area (Å²) in [6, 6.07) is -3.65. The molecule has 0 radical (unpaired) electrons. The van der Waals surface area contributed by atoms with Crippen molar-refractivity contribution in [2.45, 2.75) is 57.8 Å². The lowest BCUT2D eigenvalue weighted by molar-refractivity contribution is -0.143. The van der Waals surface area contributed by atoms with Gasteiger partial charge in [0.05, 0.1) is 18.7 Å². The highest BCUT2D eigenvalue weighted by Crippen LogP contribution is 2.01. The van der Waals surface area contributed by atoms with Crippen LogP contribution in [0.25, 0.3) is 0 Å². The van der Waals surface area contributed by atoms with E-state index in [1.807, 2.05) is 0 Å². The van der Waals surface area contributed by atoms with E-state index in [2.05, 4.69) is 16.0 Å². The van der Waals surface area contributed by atoms with Crippen LogP contribution in [0, 0.1) is 5.92 Å². The number of aliphatic carboxylic acids is 1. The monoisotopic (exact) mass is 403 g/mol. The number of hydrogen-bond donors (Lipinski definition) is 7. The molecule has 0 aromatic carbocycles. The van der Waals surface area contributed by atoms with Crippen LogP contribution in [0.5, 0.6) is 0 Å². The molecule has 12 heteroatoms. The van der Waals surface area contributed by atoms with E-state index >= 15 is 0 Å². The van der Waals surface area contributed by atoms with Crippen LogP contribution in [0.1, 0.15) is 33.6 Å². The molecule has 4 atom stereocenters. The Balaban J connectivity index is 4.74. The van der Waals surface area contributed by atoms with Crippen molar-refractivity contribution in [3.05, 3.63) is 0 Å². The van der Waals surface area contributed by atoms with Crippen molar-refractivity contribution in [3.63, 3.8) is 0 Å². The van der Waals surface area contributed by atoms with Gasteiger partial charge in [0.1, 0.15) is 12.1 Å². The van der Waals surface area contributed by atoms with Crippen LogP contribution in [-0.2, 0) is 24.0 Å². The van der Waals surface area contributed by atoms with Gasteiger partial charge in [0, 0.05) is 6.42 Å². The van der Waals surface area contributed by atoms with Gasteiger partial charge in [-0.3, -0.25) is 19.2 Å². The first-order valence-electron chi connectivity index (χ1n) is 8.69. The number of nitrogens with one attached hydrogen (secondary N) is 3. The Morgan fingerprint density at radius 1 is 0.964 bits per heavy atom. The lowest BCUT2D eigenvalue weighted by Gasteiger charge is -2.23. The highest BCUT2D eigenvalue weighted by atomic mass is 16.4. The standard InChI is InChI=1S/C16H29N5O7/c1-7(2)12(16(27)28)20-11(24)6-19-15(26)13(8(3)22)21-14(25)9(17)4-5-10(18)23/h7-9,12-13,22H,4-6,17H2,1-3H3,(H2,18,23)(H,19,26)(H,20,24)(H,21,25)(H,27,28). The first-order valence-corrected chi connectivity index (χ1v) is 8.69. The maximum absolute atomic E-state index is 12.2. The summed E-state index contributed by atoms with van der Waals surface area (Å²) in [5.74, 6) is -4.62. The number of nitrogens with two attached hydrogens (primary N) is 2. The molecule has 0 aliphatic carbocycles. The van der Waals surface area contributed by atoms with Crippen molar-refractivity contribution in [1.29, 1.82) is 0 Å². The first-order chi connectivity index (χ1) is 12.9. The Kier molecular flexibility index (Phi) is 10.7. The van der Waals surface area contributed by atoms with E-state index in [-0.39, 0.29) is 18.8 Å². The highest BCUT2D eigenvalue weighted by molar-refractivity contribution is 5.93. The molecule has 4 amide bonds. The zero-order valence-corrected chi connectivity index (χ0v) is 16.1. The van der Waals surface area contributed by atoms with Gasteiger partial charge in [-0.25, -0.2) is 4.79 Å². The molecule has 9 N–H and O–H groups in total. The quantitative estimate of drug-likeness (QED) is 0.175. The number of amides is 4. The van der Waals surface area contributed by atoms with E-state index in [4.69, 9.17) is 16.6 Å². The molecule has 0 fully saturated rings. The van der Waals surface area contributed by atoms with Crippen molar-refractivity contribution >= 4 is 29.6 Å². The minimum absolute atomic E-state index is 0.0382. The number of aliphatic hydroxyl groups excluding tert-OH is 1. The minimum atomic E-state index is -1.40. The van der Waals surface area contributed by atoms with Gasteiger partial charge in [-0.1, -0.05) is 13.8 Å². The molecule has 0 saturated heterocycles. The molecule has 28 heavy (non-hydrogen) atoms. The molecule has 12 nitrogen and oxygen atoms in total. The number of rotatable bonds is 12. The molecule has 160 valence electrons. The van der Waals surface area contributed by atoms with Crippen LogP contribution in [0.15, 0.2) is 0 Å². The second-order valence-electron chi connectivity index (χ2n) is 6.68. The topological polar surface area (TPSA) is 214 Å². The summed E-state index contributed by atoms with van der Waals surface area (Å²) in [6.45, 7) is 3.91. The van der Waals surface area contributed by atoms with E-state index in [1.165, 1.54) is 6.92 Å². The van der Waals surface area contributed by atoms with Crippen LogP contribution >= 0.6 is 0 Å². The van der Waals surface area contributed by atoms with Crippen LogP contribution in [0.4, 0.5) is 0 Å². The van der Waals surface area contributed by atoms with Gasteiger partial charge >= 0.3 is 5.97 Å². The molecule has 0 saturated carbocycles. The fourth-order valence-electron chi connectivity index (χ4n) is 2.11. The lowest BCUT2D eigenvalue weighted by Crippen LogP contribution is -2.57. The third kappa shape index (κ3) is 9.28. The normalized spacial score (nSPS) is 15.1. The maximum atomic E-state index is 12.2.